The van der Waals surface area contributed by atoms with Crippen molar-refractivity contribution < 1.29 is 31.6 Å². The number of alkyl halides is 2. The van der Waals surface area contributed by atoms with Crippen molar-refractivity contribution in [3.05, 3.63) is 29.8 Å². The van der Waals surface area contributed by atoms with Gasteiger partial charge in [-0.15, -0.1) is 0 Å². The van der Waals surface area contributed by atoms with Gasteiger partial charge in [0.15, 0.2) is 0 Å². The van der Waals surface area contributed by atoms with Gasteiger partial charge in [0, 0.05) is 18.3 Å². The first-order valence-corrected chi connectivity index (χ1v) is 18.0. The van der Waals surface area contributed by atoms with Crippen molar-refractivity contribution in [2.45, 2.75) is 128 Å². The van der Waals surface area contributed by atoms with Gasteiger partial charge in [-0.25, -0.2) is 8.78 Å². The molecule has 0 radical (unpaired) electrons. The van der Waals surface area contributed by atoms with Gasteiger partial charge in [-0.3, -0.25) is 4.18 Å². The average molecular weight is 625 g/mol. The van der Waals surface area contributed by atoms with Crippen molar-refractivity contribution in [1.82, 2.24) is 0 Å². The lowest BCUT2D eigenvalue weighted by Gasteiger charge is -2.64. The van der Waals surface area contributed by atoms with Crippen molar-refractivity contribution >= 4 is 10.1 Å². The summed E-state index contributed by atoms with van der Waals surface area (Å²) >= 11 is 0. The van der Waals surface area contributed by atoms with Gasteiger partial charge >= 0.3 is 0 Å². The predicted molar refractivity (Wildman–Crippen MR) is 164 cm³/mol. The number of hydrogen-bond acceptors (Lipinski definition) is 5. The Morgan fingerprint density at radius 2 is 1.63 bits per heavy atom. The van der Waals surface area contributed by atoms with Crippen LogP contribution in [-0.2, 0) is 14.3 Å². The number of benzene rings is 1. The molecule has 8 heteroatoms. The summed E-state index contributed by atoms with van der Waals surface area (Å²) in [5, 5.41) is 21.2. The van der Waals surface area contributed by atoms with E-state index in [0.717, 1.165) is 50.5 Å². The molecular formula is C35H54F2O5S. The Labute approximate surface area is 258 Å². The lowest BCUT2D eigenvalue weighted by Crippen LogP contribution is -2.63. The molecule has 4 fully saturated rings. The molecular weight excluding hydrogens is 570 g/mol. The van der Waals surface area contributed by atoms with Crippen LogP contribution in [0, 0.1) is 59.2 Å². The summed E-state index contributed by atoms with van der Waals surface area (Å²) in [6.07, 6.45) is 6.15. The third kappa shape index (κ3) is 6.20. The van der Waals surface area contributed by atoms with E-state index < -0.39 is 50.9 Å². The summed E-state index contributed by atoms with van der Waals surface area (Å²) in [5.41, 5.74) is -0.280. The summed E-state index contributed by atoms with van der Waals surface area (Å²) in [7, 11) is -4.07. The molecule has 1 aromatic rings. The Morgan fingerprint density at radius 3 is 2.28 bits per heavy atom. The van der Waals surface area contributed by atoms with Gasteiger partial charge in [-0.2, -0.15) is 8.42 Å². The molecule has 4 saturated carbocycles. The highest BCUT2D eigenvalue weighted by Gasteiger charge is 2.69. The van der Waals surface area contributed by atoms with E-state index in [2.05, 4.69) is 20.8 Å². The molecule has 5 rings (SSSR count). The first kappa shape index (κ1) is 33.3. The second-order valence-corrected chi connectivity index (χ2v) is 17.7. The molecule has 4 aliphatic rings. The topological polar surface area (TPSA) is 83.8 Å². The van der Waals surface area contributed by atoms with E-state index in [1.807, 2.05) is 20.8 Å². The molecule has 0 aliphatic heterocycles. The first-order chi connectivity index (χ1) is 19.9. The Kier molecular flexibility index (Phi) is 8.99. The van der Waals surface area contributed by atoms with Crippen LogP contribution in [0.2, 0.25) is 0 Å². The summed E-state index contributed by atoms with van der Waals surface area (Å²) in [5.74, 6) is -4.11. The van der Waals surface area contributed by atoms with Crippen molar-refractivity contribution in [2.24, 2.45) is 52.3 Å². The minimum Gasteiger partial charge on any atom is -0.393 e. The van der Waals surface area contributed by atoms with Crippen LogP contribution in [0.5, 0.6) is 0 Å². The van der Waals surface area contributed by atoms with Gasteiger partial charge in [0.2, 0.25) is 0 Å². The van der Waals surface area contributed by atoms with Crippen LogP contribution in [0.3, 0.4) is 0 Å². The molecule has 5 nitrogen and oxygen atoms in total. The third-order valence-electron chi connectivity index (χ3n) is 12.9. The lowest BCUT2D eigenvalue weighted by molar-refractivity contribution is -0.251. The SMILES string of the molecule is Cc1ccc(S(=O)(=O)OCC2[C@@H](O)CC[C@@]3(C)[C@H]2CC(F)(F)[C@@H]2[C@@H]3CC[C@]3(C)[C@@H]([C@H](C)CCCC(C)(C)O)CC[C@@H]23)cc1. The molecule has 10 atom stereocenters. The molecule has 244 valence electrons. The first-order valence-electron chi connectivity index (χ1n) is 16.6. The quantitative estimate of drug-likeness (QED) is 0.274. The van der Waals surface area contributed by atoms with Crippen molar-refractivity contribution in [1.29, 1.82) is 0 Å². The molecule has 0 amide bonds. The van der Waals surface area contributed by atoms with Crippen molar-refractivity contribution in [3.63, 3.8) is 0 Å². The maximum Gasteiger partial charge on any atom is 0.296 e. The van der Waals surface area contributed by atoms with Gasteiger partial charge in [0.05, 0.1) is 23.2 Å². The van der Waals surface area contributed by atoms with E-state index in [1.54, 1.807) is 12.1 Å². The molecule has 0 saturated heterocycles. The zero-order valence-corrected chi connectivity index (χ0v) is 27.8. The van der Waals surface area contributed by atoms with Crippen LogP contribution in [-0.4, -0.2) is 42.9 Å². The fourth-order valence-corrected chi connectivity index (χ4v) is 11.5. The molecule has 2 N–H and O–H groups in total. The van der Waals surface area contributed by atoms with E-state index in [1.165, 1.54) is 12.1 Å². The largest absolute Gasteiger partial charge is 0.393 e. The lowest BCUT2D eigenvalue weighted by atomic mass is 9.42. The van der Waals surface area contributed by atoms with Gasteiger partial charge < -0.3 is 10.2 Å². The number of aliphatic hydroxyl groups is 2. The minimum atomic E-state index is -4.07. The van der Waals surface area contributed by atoms with Crippen molar-refractivity contribution in [2.75, 3.05) is 6.61 Å². The molecule has 43 heavy (non-hydrogen) atoms. The molecule has 0 heterocycles. The number of fused-ring (bicyclic) bond motifs is 5. The van der Waals surface area contributed by atoms with Crippen LogP contribution in [0.15, 0.2) is 29.2 Å². The highest BCUT2D eigenvalue weighted by atomic mass is 32.2. The zero-order valence-electron chi connectivity index (χ0n) is 27.0. The number of aryl methyl sites for hydroxylation is 1. The number of hydrogen-bond donors (Lipinski definition) is 2. The van der Waals surface area contributed by atoms with E-state index >= 15 is 8.78 Å². The maximum absolute atomic E-state index is 16.6. The Balaban J connectivity index is 1.35. The summed E-state index contributed by atoms with van der Waals surface area (Å²) < 4.78 is 64.6. The maximum atomic E-state index is 16.6. The number of rotatable bonds is 9. The normalized spacial score (nSPS) is 39.9. The van der Waals surface area contributed by atoms with Crippen molar-refractivity contribution in [3.8, 4) is 0 Å². The Morgan fingerprint density at radius 1 is 1.00 bits per heavy atom. The number of halogens is 2. The van der Waals surface area contributed by atoms with Crippen LogP contribution in [0.4, 0.5) is 8.78 Å². The van der Waals surface area contributed by atoms with Crippen LogP contribution in [0.25, 0.3) is 0 Å². The monoisotopic (exact) mass is 624 g/mol. The fraction of sp³-hybridized carbons (Fsp3) is 0.829. The molecule has 0 bridgehead atoms. The van der Waals surface area contributed by atoms with Crippen LogP contribution in [0.1, 0.15) is 104 Å². The van der Waals surface area contributed by atoms with Gasteiger partial charge in [-0.1, -0.05) is 51.3 Å². The molecule has 0 aromatic heterocycles. The van der Waals surface area contributed by atoms with E-state index in [0.29, 0.717) is 24.7 Å². The van der Waals surface area contributed by atoms with Gasteiger partial charge in [0.25, 0.3) is 16.0 Å². The van der Waals surface area contributed by atoms with E-state index in [4.69, 9.17) is 4.18 Å². The summed E-state index contributed by atoms with van der Waals surface area (Å²) in [4.78, 5) is 0.0388. The molecule has 4 aliphatic carbocycles. The van der Waals surface area contributed by atoms with Crippen LogP contribution < -0.4 is 0 Å². The third-order valence-corrected chi connectivity index (χ3v) is 14.2. The highest BCUT2D eigenvalue weighted by molar-refractivity contribution is 7.86. The second-order valence-electron chi connectivity index (χ2n) is 16.0. The standard InChI is InChI=1S/C35H54F2O5S/c1-22-9-11-24(12-10-22)43(40,41)42-21-25-29-20-35(36,37)31-27-14-13-26(23(2)8-7-17-32(3,4)39)33(27,5)18-15-28(31)34(29,6)19-16-30(25)38/h9-12,23,25-31,38-39H,7-8,13-21H2,1-6H3/t23-,25?,26-,27+,28+,29+,30+,31+,33-,34-/m1/s1. The molecule has 1 unspecified atom stereocenters. The number of aliphatic hydroxyl groups excluding tert-OH is 1. The summed E-state index contributed by atoms with van der Waals surface area (Å²) in [6.45, 7) is 12.0. The molecule has 1 aromatic carbocycles. The highest BCUT2D eigenvalue weighted by Crippen LogP contribution is 2.71. The Bertz CT molecular complexity index is 1240. The average Bonchev–Trinajstić information content (AvgIpc) is 3.26. The fourth-order valence-electron chi connectivity index (χ4n) is 10.6. The second kappa shape index (κ2) is 11.6. The zero-order chi connectivity index (χ0) is 31.6. The predicted octanol–water partition coefficient (Wildman–Crippen LogP) is 7.77. The smallest absolute Gasteiger partial charge is 0.296 e. The van der Waals surface area contributed by atoms with Gasteiger partial charge in [-0.05, 0) is 118 Å². The molecule has 0 spiro atoms. The summed E-state index contributed by atoms with van der Waals surface area (Å²) in [6, 6.07) is 6.39. The van der Waals surface area contributed by atoms with E-state index in [9.17, 15) is 18.6 Å². The minimum absolute atomic E-state index is 0.0378. The van der Waals surface area contributed by atoms with Crippen LogP contribution >= 0.6 is 0 Å². The van der Waals surface area contributed by atoms with Gasteiger partial charge in [0.1, 0.15) is 0 Å². The Hall–Kier alpha value is -1.09. The van der Waals surface area contributed by atoms with E-state index in [-0.39, 0.29) is 35.2 Å².